The zero-order chi connectivity index (χ0) is 17.4. The Morgan fingerprint density at radius 3 is 2.71 bits per heavy atom. The van der Waals surface area contributed by atoms with Crippen LogP contribution in [0.2, 0.25) is 0 Å². The van der Waals surface area contributed by atoms with Gasteiger partial charge in [-0.25, -0.2) is 0 Å². The number of amides is 1. The molecule has 2 rings (SSSR count). The highest BCUT2D eigenvalue weighted by Crippen LogP contribution is 2.31. The minimum Gasteiger partial charge on any atom is -0.324 e. The minimum absolute atomic E-state index is 0.147. The Labute approximate surface area is 146 Å². The lowest BCUT2D eigenvalue weighted by Gasteiger charge is -2.31. The first-order valence-electron chi connectivity index (χ1n) is 8.29. The van der Waals surface area contributed by atoms with Gasteiger partial charge in [-0.05, 0) is 64.0 Å². The van der Waals surface area contributed by atoms with Crippen molar-refractivity contribution in [2.45, 2.75) is 29.9 Å². The zero-order valence-electron chi connectivity index (χ0n) is 13.9. The summed E-state index contributed by atoms with van der Waals surface area (Å²) in [5.74, 6) is -1.93. The molecule has 1 amide bonds. The number of anilines is 1. The van der Waals surface area contributed by atoms with Crippen molar-refractivity contribution in [3.8, 4) is 0 Å². The van der Waals surface area contributed by atoms with Crippen LogP contribution in [-0.2, 0) is 4.79 Å². The molecule has 2 N–H and O–H groups in total. The van der Waals surface area contributed by atoms with Gasteiger partial charge in [0.2, 0.25) is 5.91 Å². The van der Waals surface area contributed by atoms with Gasteiger partial charge < -0.3 is 10.6 Å². The van der Waals surface area contributed by atoms with E-state index in [0.29, 0.717) is 28.9 Å². The molecule has 1 aliphatic heterocycles. The first-order chi connectivity index (χ1) is 11.6. The van der Waals surface area contributed by atoms with Crippen LogP contribution in [0.5, 0.6) is 0 Å². The van der Waals surface area contributed by atoms with E-state index in [2.05, 4.69) is 15.5 Å². The van der Waals surface area contributed by atoms with E-state index < -0.39 is 5.76 Å². The second-order valence-electron chi connectivity index (χ2n) is 6.03. The van der Waals surface area contributed by atoms with E-state index >= 15 is 0 Å². The molecule has 1 aromatic carbocycles. The molecular formula is C17H25F2N3OS. The molecule has 0 radical (unpaired) electrons. The van der Waals surface area contributed by atoms with Crippen molar-refractivity contribution in [2.24, 2.45) is 5.92 Å². The molecule has 0 spiro atoms. The molecule has 1 fully saturated rings. The molecule has 7 heteroatoms. The van der Waals surface area contributed by atoms with Crippen LogP contribution in [0.1, 0.15) is 19.3 Å². The van der Waals surface area contributed by atoms with E-state index in [-0.39, 0.29) is 5.91 Å². The lowest BCUT2D eigenvalue weighted by Crippen LogP contribution is -2.39. The number of hydrogen-bond acceptors (Lipinski definition) is 4. The Kier molecular flexibility index (Phi) is 7.94. The van der Waals surface area contributed by atoms with Crippen molar-refractivity contribution >= 4 is 23.4 Å². The van der Waals surface area contributed by atoms with Crippen molar-refractivity contribution in [3.63, 3.8) is 0 Å². The van der Waals surface area contributed by atoms with E-state index in [0.717, 1.165) is 38.4 Å². The highest BCUT2D eigenvalue weighted by Gasteiger charge is 2.21. The highest BCUT2D eigenvalue weighted by atomic mass is 32.2. The molecule has 0 aliphatic carbocycles. The fourth-order valence-electron chi connectivity index (χ4n) is 2.94. The minimum atomic E-state index is -2.50. The number of hydrogen-bond donors (Lipinski definition) is 2. The van der Waals surface area contributed by atoms with Crippen LogP contribution in [0.3, 0.4) is 0 Å². The SMILES string of the molecule is CNCCC1CCN(CC(=O)Nc2ccccc2SC(F)F)CC1. The Balaban J connectivity index is 1.80. The number of rotatable bonds is 8. The maximum absolute atomic E-state index is 12.6. The van der Waals surface area contributed by atoms with Crippen LogP contribution >= 0.6 is 11.8 Å². The molecule has 1 heterocycles. The summed E-state index contributed by atoms with van der Waals surface area (Å²) >= 11 is 0.453. The van der Waals surface area contributed by atoms with Crippen molar-refractivity contribution in [1.29, 1.82) is 0 Å². The van der Waals surface area contributed by atoms with E-state index in [1.54, 1.807) is 24.3 Å². The van der Waals surface area contributed by atoms with Crippen LogP contribution in [0.4, 0.5) is 14.5 Å². The predicted octanol–water partition coefficient (Wildman–Crippen LogP) is 3.26. The fourth-order valence-corrected chi connectivity index (χ4v) is 3.54. The second kappa shape index (κ2) is 9.96. The Morgan fingerprint density at radius 1 is 1.33 bits per heavy atom. The maximum atomic E-state index is 12.6. The third-order valence-corrected chi connectivity index (χ3v) is 5.04. The van der Waals surface area contributed by atoms with Crippen molar-refractivity contribution < 1.29 is 13.6 Å². The second-order valence-corrected chi connectivity index (χ2v) is 7.07. The lowest BCUT2D eigenvalue weighted by atomic mass is 9.93. The number of halogens is 2. The summed E-state index contributed by atoms with van der Waals surface area (Å²) in [5.41, 5.74) is 0.455. The number of nitrogens with zero attached hydrogens (tertiary/aromatic N) is 1. The summed E-state index contributed by atoms with van der Waals surface area (Å²) < 4.78 is 25.1. The van der Waals surface area contributed by atoms with Crippen molar-refractivity contribution in [1.82, 2.24) is 10.2 Å². The summed E-state index contributed by atoms with van der Waals surface area (Å²) in [6, 6.07) is 6.68. The summed E-state index contributed by atoms with van der Waals surface area (Å²) in [5, 5.41) is 5.94. The largest absolute Gasteiger partial charge is 0.324 e. The first kappa shape index (κ1) is 19.1. The van der Waals surface area contributed by atoms with Gasteiger partial charge in [-0.2, -0.15) is 8.78 Å². The Bertz CT molecular complexity index is 522. The van der Waals surface area contributed by atoms with Crippen LogP contribution in [0, 0.1) is 5.92 Å². The molecule has 1 aromatic rings. The third-order valence-electron chi connectivity index (χ3n) is 4.25. The van der Waals surface area contributed by atoms with E-state index in [1.165, 1.54) is 6.42 Å². The number of likely N-dealkylation sites (tertiary alicyclic amines) is 1. The highest BCUT2D eigenvalue weighted by molar-refractivity contribution is 7.99. The summed E-state index contributed by atoms with van der Waals surface area (Å²) in [6.07, 6.45) is 3.38. The number of carbonyl (C=O) groups excluding carboxylic acids is 1. The van der Waals surface area contributed by atoms with E-state index in [1.807, 2.05) is 7.05 Å². The topological polar surface area (TPSA) is 44.4 Å². The number of piperidine rings is 1. The average Bonchev–Trinajstić information content (AvgIpc) is 2.55. The molecular weight excluding hydrogens is 332 g/mol. The molecule has 1 saturated heterocycles. The number of nitrogens with one attached hydrogen (secondary N) is 2. The standard InChI is InChI=1S/C17H25F2N3OS/c1-20-9-6-13-7-10-22(11-8-13)12-16(23)21-14-4-2-3-5-15(14)24-17(18)19/h2-5,13,17,20H,6-12H2,1H3,(H,21,23). The van der Waals surface area contributed by atoms with E-state index in [4.69, 9.17) is 0 Å². The molecule has 0 aromatic heterocycles. The van der Waals surface area contributed by atoms with Gasteiger partial charge in [-0.1, -0.05) is 23.9 Å². The molecule has 24 heavy (non-hydrogen) atoms. The Morgan fingerprint density at radius 2 is 2.04 bits per heavy atom. The number of benzene rings is 1. The van der Waals surface area contributed by atoms with Gasteiger partial charge in [0, 0.05) is 4.90 Å². The number of thioether (sulfide) groups is 1. The van der Waals surface area contributed by atoms with Crippen molar-refractivity contribution in [3.05, 3.63) is 24.3 Å². The molecule has 0 atom stereocenters. The number of para-hydroxylation sites is 1. The van der Waals surface area contributed by atoms with Crippen LogP contribution < -0.4 is 10.6 Å². The normalized spacial score (nSPS) is 16.5. The van der Waals surface area contributed by atoms with Gasteiger partial charge in [-0.3, -0.25) is 9.69 Å². The summed E-state index contributed by atoms with van der Waals surface area (Å²) in [6.45, 7) is 3.17. The van der Waals surface area contributed by atoms with Crippen molar-refractivity contribution in [2.75, 3.05) is 38.5 Å². The van der Waals surface area contributed by atoms with Gasteiger partial charge in [-0.15, -0.1) is 0 Å². The van der Waals surface area contributed by atoms with Gasteiger partial charge in [0.1, 0.15) is 0 Å². The fraction of sp³-hybridized carbons (Fsp3) is 0.588. The summed E-state index contributed by atoms with van der Waals surface area (Å²) in [4.78, 5) is 14.7. The smallest absolute Gasteiger partial charge is 0.288 e. The third kappa shape index (κ3) is 6.37. The quantitative estimate of drug-likeness (QED) is 0.701. The van der Waals surface area contributed by atoms with Crippen LogP contribution in [-0.4, -0.2) is 49.8 Å². The molecule has 4 nitrogen and oxygen atoms in total. The Hall–Kier alpha value is -1.18. The van der Waals surface area contributed by atoms with Crippen LogP contribution in [0.25, 0.3) is 0 Å². The maximum Gasteiger partial charge on any atom is 0.288 e. The molecule has 134 valence electrons. The van der Waals surface area contributed by atoms with Gasteiger partial charge in [0.05, 0.1) is 12.2 Å². The summed E-state index contributed by atoms with van der Waals surface area (Å²) in [7, 11) is 1.96. The van der Waals surface area contributed by atoms with Gasteiger partial charge >= 0.3 is 0 Å². The molecule has 1 aliphatic rings. The number of alkyl halides is 2. The van der Waals surface area contributed by atoms with E-state index in [9.17, 15) is 13.6 Å². The average molecular weight is 357 g/mol. The van der Waals surface area contributed by atoms with Gasteiger partial charge in [0.15, 0.2) is 0 Å². The molecule has 0 saturated carbocycles. The van der Waals surface area contributed by atoms with Crippen LogP contribution in [0.15, 0.2) is 29.2 Å². The van der Waals surface area contributed by atoms with Gasteiger partial charge in [0.25, 0.3) is 5.76 Å². The first-order valence-corrected chi connectivity index (χ1v) is 9.17. The number of carbonyl (C=O) groups is 1. The lowest BCUT2D eigenvalue weighted by molar-refractivity contribution is -0.117. The monoisotopic (exact) mass is 357 g/mol. The molecule has 0 bridgehead atoms. The zero-order valence-corrected chi connectivity index (χ0v) is 14.7. The predicted molar refractivity (Wildman–Crippen MR) is 94.6 cm³/mol. The molecule has 0 unspecified atom stereocenters.